The Hall–Kier alpha value is -3.28. The van der Waals surface area contributed by atoms with Gasteiger partial charge in [0.25, 0.3) is 5.91 Å². The van der Waals surface area contributed by atoms with Crippen LogP contribution in [-0.4, -0.2) is 65.9 Å². The zero-order chi connectivity index (χ0) is 22.8. The van der Waals surface area contributed by atoms with Crippen LogP contribution in [0.3, 0.4) is 0 Å². The summed E-state index contributed by atoms with van der Waals surface area (Å²) in [6, 6.07) is 20.3. The maximum Gasteiger partial charge on any atom is 0.270 e. The lowest BCUT2D eigenvalue weighted by atomic mass is 9.84. The van der Waals surface area contributed by atoms with Crippen molar-refractivity contribution in [2.24, 2.45) is 11.8 Å². The highest BCUT2D eigenvalue weighted by atomic mass is 16.2. The molecule has 33 heavy (non-hydrogen) atoms. The van der Waals surface area contributed by atoms with Crippen molar-refractivity contribution in [2.45, 2.75) is 19.8 Å². The van der Waals surface area contributed by atoms with Crippen LogP contribution >= 0.6 is 0 Å². The molecule has 6 heteroatoms. The molecular formula is C27H32N4O2. The number of benzene rings is 2. The summed E-state index contributed by atoms with van der Waals surface area (Å²) in [7, 11) is 0. The topological polar surface area (TPSA) is 59.7 Å². The summed E-state index contributed by atoms with van der Waals surface area (Å²) < 4.78 is 0. The first-order valence-corrected chi connectivity index (χ1v) is 12.1. The minimum atomic E-state index is -0.00129. The van der Waals surface area contributed by atoms with Gasteiger partial charge in [-0.15, -0.1) is 0 Å². The molecule has 6 nitrogen and oxygen atoms in total. The summed E-state index contributed by atoms with van der Waals surface area (Å²) >= 11 is 0. The maximum atomic E-state index is 13.2. The molecule has 1 aromatic heterocycles. The van der Waals surface area contributed by atoms with Gasteiger partial charge in [-0.3, -0.25) is 9.59 Å². The summed E-state index contributed by atoms with van der Waals surface area (Å²) in [5.74, 6) is 0.652. The standard InChI is InChI=1S/C27H32N4O2/c1-20(26(32)31-17-15-29(16-18-31)23-8-3-2-4-9-23)21-11-13-30(14-12-21)27(33)25-19-22-7-5-6-10-24(22)28-25/h2-10,19-21,28H,11-18H2,1H3/t20-/m0/s1. The normalized spacial score (nSPS) is 18.5. The van der Waals surface area contributed by atoms with Crippen LogP contribution in [0.2, 0.25) is 0 Å². The average molecular weight is 445 g/mol. The molecule has 0 saturated carbocycles. The number of amides is 2. The van der Waals surface area contributed by atoms with Crippen molar-refractivity contribution in [3.63, 3.8) is 0 Å². The Morgan fingerprint density at radius 3 is 2.21 bits per heavy atom. The highest BCUT2D eigenvalue weighted by molar-refractivity contribution is 5.98. The second kappa shape index (κ2) is 9.30. The number of hydrogen-bond acceptors (Lipinski definition) is 3. The quantitative estimate of drug-likeness (QED) is 0.662. The van der Waals surface area contributed by atoms with Gasteiger partial charge in [0.1, 0.15) is 5.69 Å². The van der Waals surface area contributed by atoms with Crippen molar-refractivity contribution < 1.29 is 9.59 Å². The Morgan fingerprint density at radius 1 is 0.848 bits per heavy atom. The molecule has 0 unspecified atom stereocenters. The molecule has 1 N–H and O–H groups in total. The molecule has 5 rings (SSSR count). The fourth-order valence-corrected chi connectivity index (χ4v) is 5.27. The number of anilines is 1. The third-order valence-electron chi connectivity index (χ3n) is 7.40. The van der Waals surface area contributed by atoms with Crippen molar-refractivity contribution in [1.82, 2.24) is 14.8 Å². The van der Waals surface area contributed by atoms with E-state index in [1.807, 2.05) is 46.2 Å². The summed E-state index contributed by atoms with van der Waals surface area (Å²) in [6.45, 7) is 6.79. The van der Waals surface area contributed by atoms with Gasteiger partial charge in [-0.05, 0) is 43.0 Å². The van der Waals surface area contributed by atoms with Gasteiger partial charge in [0.2, 0.25) is 5.91 Å². The third-order valence-corrected chi connectivity index (χ3v) is 7.40. The molecule has 172 valence electrons. The number of hydrogen-bond donors (Lipinski definition) is 1. The molecule has 3 heterocycles. The first-order valence-electron chi connectivity index (χ1n) is 12.1. The van der Waals surface area contributed by atoms with E-state index in [-0.39, 0.29) is 17.7 Å². The molecule has 2 saturated heterocycles. The largest absolute Gasteiger partial charge is 0.368 e. The number of fused-ring (bicyclic) bond motifs is 1. The molecule has 2 aromatic carbocycles. The van der Waals surface area contributed by atoms with Gasteiger partial charge in [0, 0.05) is 61.8 Å². The van der Waals surface area contributed by atoms with Crippen molar-refractivity contribution in [1.29, 1.82) is 0 Å². The average Bonchev–Trinajstić information content (AvgIpc) is 3.32. The number of para-hydroxylation sites is 2. The lowest BCUT2D eigenvalue weighted by molar-refractivity contribution is -0.137. The van der Waals surface area contributed by atoms with E-state index in [4.69, 9.17) is 0 Å². The molecule has 0 spiro atoms. The maximum absolute atomic E-state index is 13.2. The Bertz CT molecular complexity index is 1080. The zero-order valence-electron chi connectivity index (χ0n) is 19.2. The van der Waals surface area contributed by atoms with Crippen LogP contribution in [-0.2, 0) is 4.79 Å². The number of carbonyl (C=O) groups excluding carboxylic acids is 2. The van der Waals surface area contributed by atoms with Crippen LogP contribution in [0.5, 0.6) is 0 Å². The first kappa shape index (κ1) is 21.6. The first-order chi connectivity index (χ1) is 16.1. The number of H-pyrrole nitrogens is 1. The van der Waals surface area contributed by atoms with Gasteiger partial charge < -0.3 is 19.7 Å². The van der Waals surface area contributed by atoms with E-state index in [0.717, 1.165) is 49.9 Å². The number of nitrogens with one attached hydrogen (secondary N) is 1. The molecule has 2 aliphatic heterocycles. The number of rotatable bonds is 4. The number of likely N-dealkylation sites (tertiary alicyclic amines) is 1. The summed E-state index contributed by atoms with van der Waals surface area (Å²) in [6.07, 6.45) is 1.76. The number of aromatic nitrogens is 1. The fourth-order valence-electron chi connectivity index (χ4n) is 5.27. The van der Waals surface area contributed by atoms with Gasteiger partial charge in [0.05, 0.1) is 0 Å². The van der Waals surface area contributed by atoms with Crippen LogP contribution in [0.4, 0.5) is 5.69 Å². The molecule has 0 aliphatic carbocycles. The van der Waals surface area contributed by atoms with Crippen molar-refractivity contribution in [3.8, 4) is 0 Å². The van der Waals surface area contributed by atoms with Crippen molar-refractivity contribution in [3.05, 3.63) is 66.4 Å². The third kappa shape index (κ3) is 4.47. The second-order valence-electron chi connectivity index (χ2n) is 9.34. The van der Waals surface area contributed by atoms with Crippen LogP contribution in [0.15, 0.2) is 60.7 Å². The molecule has 2 aliphatic rings. The molecule has 0 radical (unpaired) electrons. The van der Waals surface area contributed by atoms with E-state index in [1.165, 1.54) is 5.69 Å². The number of piperazine rings is 1. The van der Waals surface area contributed by atoms with Crippen LogP contribution in [0.25, 0.3) is 10.9 Å². The van der Waals surface area contributed by atoms with Crippen molar-refractivity contribution >= 4 is 28.4 Å². The molecule has 1 atom stereocenters. The van der Waals surface area contributed by atoms with E-state index >= 15 is 0 Å². The predicted molar refractivity (Wildman–Crippen MR) is 131 cm³/mol. The van der Waals surface area contributed by atoms with Crippen LogP contribution in [0, 0.1) is 11.8 Å². The predicted octanol–water partition coefficient (Wildman–Crippen LogP) is 4.01. The van der Waals surface area contributed by atoms with E-state index in [0.29, 0.717) is 24.7 Å². The minimum Gasteiger partial charge on any atom is -0.368 e. The van der Waals surface area contributed by atoms with Crippen molar-refractivity contribution in [2.75, 3.05) is 44.2 Å². The second-order valence-corrected chi connectivity index (χ2v) is 9.34. The van der Waals surface area contributed by atoms with Gasteiger partial charge in [-0.1, -0.05) is 43.3 Å². The lowest BCUT2D eigenvalue weighted by Gasteiger charge is -2.39. The SMILES string of the molecule is C[C@H](C(=O)N1CCN(c2ccccc2)CC1)C1CCN(C(=O)c2cc3ccccc3[nH]2)CC1. The molecule has 2 fully saturated rings. The Kier molecular flexibility index (Phi) is 6.07. The molecule has 2 amide bonds. The highest BCUT2D eigenvalue weighted by Gasteiger charge is 2.33. The van der Waals surface area contributed by atoms with Gasteiger partial charge in [0.15, 0.2) is 0 Å². The lowest BCUT2D eigenvalue weighted by Crippen LogP contribution is -2.51. The summed E-state index contributed by atoms with van der Waals surface area (Å²) in [5.41, 5.74) is 2.86. The van der Waals surface area contributed by atoms with E-state index in [1.54, 1.807) is 0 Å². The van der Waals surface area contributed by atoms with E-state index < -0.39 is 0 Å². The van der Waals surface area contributed by atoms with Gasteiger partial charge >= 0.3 is 0 Å². The Labute approximate surface area is 195 Å². The summed E-state index contributed by atoms with van der Waals surface area (Å²) in [4.78, 5) is 35.7. The number of nitrogens with zero attached hydrogens (tertiary/aromatic N) is 3. The monoisotopic (exact) mass is 444 g/mol. The number of aromatic amines is 1. The zero-order valence-corrected chi connectivity index (χ0v) is 19.2. The molecule has 0 bridgehead atoms. The fraction of sp³-hybridized carbons (Fsp3) is 0.407. The van der Waals surface area contributed by atoms with E-state index in [9.17, 15) is 9.59 Å². The highest BCUT2D eigenvalue weighted by Crippen LogP contribution is 2.28. The minimum absolute atomic E-state index is 0.00129. The summed E-state index contributed by atoms with van der Waals surface area (Å²) in [5, 5.41) is 1.06. The van der Waals surface area contributed by atoms with Crippen LogP contribution < -0.4 is 4.90 Å². The Balaban J connectivity index is 1.13. The smallest absolute Gasteiger partial charge is 0.270 e. The van der Waals surface area contributed by atoms with E-state index in [2.05, 4.69) is 41.1 Å². The van der Waals surface area contributed by atoms with Gasteiger partial charge in [-0.2, -0.15) is 0 Å². The van der Waals surface area contributed by atoms with Crippen LogP contribution in [0.1, 0.15) is 30.3 Å². The molecule has 3 aromatic rings. The van der Waals surface area contributed by atoms with Gasteiger partial charge in [-0.25, -0.2) is 0 Å². The number of piperidine rings is 1. The Morgan fingerprint density at radius 2 is 1.52 bits per heavy atom. The number of carbonyl (C=O) groups is 2. The molecular weight excluding hydrogens is 412 g/mol.